The fourth-order valence-electron chi connectivity index (χ4n) is 1.39. The summed E-state index contributed by atoms with van der Waals surface area (Å²) < 4.78 is 12.7. The standard InChI is InChI=1S/C14H29F/c1-11(2)13(4,5)8-9-14(6,7)12(3)10-15/h11-12H,8-10H2,1-7H3. The lowest BCUT2D eigenvalue weighted by atomic mass is 9.70. The molecular weight excluding hydrogens is 187 g/mol. The molecule has 92 valence electrons. The second-order valence-corrected chi connectivity index (χ2v) is 6.69. The van der Waals surface area contributed by atoms with E-state index in [1.807, 2.05) is 6.92 Å². The monoisotopic (exact) mass is 216 g/mol. The zero-order valence-electron chi connectivity index (χ0n) is 11.7. The lowest BCUT2D eigenvalue weighted by Gasteiger charge is -2.36. The predicted molar refractivity (Wildman–Crippen MR) is 66.8 cm³/mol. The molecule has 0 bridgehead atoms. The van der Waals surface area contributed by atoms with Crippen LogP contribution in [0.15, 0.2) is 0 Å². The molecule has 0 aromatic rings. The molecule has 1 heteroatoms. The summed E-state index contributed by atoms with van der Waals surface area (Å²) in [6.45, 7) is 15.4. The van der Waals surface area contributed by atoms with Gasteiger partial charge in [-0.05, 0) is 35.5 Å². The Labute approximate surface area is 95.6 Å². The summed E-state index contributed by atoms with van der Waals surface area (Å²) in [5, 5.41) is 0. The van der Waals surface area contributed by atoms with E-state index < -0.39 is 0 Å². The van der Waals surface area contributed by atoms with Crippen LogP contribution in [0.25, 0.3) is 0 Å². The summed E-state index contributed by atoms with van der Waals surface area (Å²) in [6.07, 6.45) is 2.30. The lowest BCUT2D eigenvalue weighted by molar-refractivity contribution is 0.126. The molecule has 1 unspecified atom stereocenters. The minimum absolute atomic E-state index is 0.126. The van der Waals surface area contributed by atoms with Gasteiger partial charge in [-0.3, -0.25) is 4.39 Å². The van der Waals surface area contributed by atoms with Gasteiger partial charge in [0.05, 0.1) is 6.67 Å². The molecular formula is C14H29F. The summed E-state index contributed by atoms with van der Waals surface area (Å²) in [6, 6.07) is 0. The van der Waals surface area contributed by atoms with E-state index >= 15 is 0 Å². The van der Waals surface area contributed by atoms with Crippen LogP contribution in [0.4, 0.5) is 4.39 Å². The highest BCUT2D eigenvalue weighted by atomic mass is 19.1. The van der Waals surface area contributed by atoms with Crippen LogP contribution in [-0.2, 0) is 0 Å². The van der Waals surface area contributed by atoms with Crippen LogP contribution in [0.1, 0.15) is 61.3 Å². The van der Waals surface area contributed by atoms with E-state index in [0.717, 1.165) is 6.42 Å². The first-order chi connectivity index (χ1) is 6.63. The maximum absolute atomic E-state index is 12.7. The Kier molecular flexibility index (Phi) is 5.29. The molecule has 0 N–H and O–H groups in total. The Bertz CT molecular complexity index is 180. The molecule has 0 aromatic heterocycles. The van der Waals surface area contributed by atoms with Gasteiger partial charge in [-0.15, -0.1) is 0 Å². The summed E-state index contributed by atoms with van der Waals surface area (Å²) in [5.74, 6) is 0.856. The summed E-state index contributed by atoms with van der Waals surface area (Å²) in [7, 11) is 0. The number of hydrogen-bond acceptors (Lipinski definition) is 0. The molecule has 0 saturated carbocycles. The SMILES string of the molecule is CC(C)C(C)(C)CCC(C)(C)C(C)CF. The van der Waals surface area contributed by atoms with Gasteiger partial charge in [-0.1, -0.05) is 48.5 Å². The normalized spacial score (nSPS) is 15.8. The molecule has 0 aliphatic rings. The molecule has 0 amide bonds. The van der Waals surface area contributed by atoms with Crippen molar-refractivity contribution in [3.05, 3.63) is 0 Å². The van der Waals surface area contributed by atoms with E-state index in [0.29, 0.717) is 11.3 Å². The summed E-state index contributed by atoms with van der Waals surface area (Å²) >= 11 is 0. The van der Waals surface area contributed by atoms with Crippen LogP contribution in [0.5, 0.6) is 0 Å². The van der Waals surface area contributed by atoms with Crippen molar-refractivity contribution in [1.29, 1.82) is 0 Å². The number of rotatable bonds is 6. The van der Waals surface area contributed by atoms with Crippen LogP contribution < -0.4 is 0 Å². The first kappa shape index (κ1) is 14.9. The van der Waals surface area contributed by atoms with Gasteiger partial charge in [-0.2, -0.15) is 0 Å². The molecule has 15 heavy (non-hydrogen) atoms. The van der Waals surface area contributed by atoms with Gasteiger partial charge < -0.3 is 0 Å². The van der Waals surface area contributed by atoms with Gasteiger partial charge in [0.15, 0.2) is 0 Å². The Morgan fingerprint density at radius 2 is 1.27 bits per heavy atom. The van der Waals surface area contributed by atoms with Crippen molar-refractivity contribution in [1.82, 2.24) is 0 Å². The molecule has 1 atom stereocenters. The van der Waals surface area contributed by atoms with Crippen LogP contribution in [-0.4, -0.2) is 6.67 Å². The van der Waals surface area contributed by atoms with Gasteiger partial charge >= 0.3 is 0 Å². The Morgan fingerprint density at radius 3 is 1.60 bits per heavy atom. The fraction of sp³-hybridized carbons (Fsp3) is 1.00. The van der Waals surface area contributed by atoms with Crippen molar-refractivity contribution in [3.63, 3.8) is 0 Å². The van der Waals surface area contributed by atoms with E-state index in [1.165, 1.54) is 6.42 Å². The van der Waals surface area contributed by atoms with Gasteiger partial charge in [0.25, 0.3) is 0 Å². The highest BCUT2D eigenvalue weighted by Gasteiger charge is 2.30. The molecule has 0 aliphatic carbocycles. The summed E-state index contributed by atoms with van der Waals surface area (Å²) in [4.78, 5) is 0. The van der Waals surface area contributed by atoms with Gasteiger partial charge in [0.1, 0.15) is 0 Å². The fourth-order valence-corrected chi connectivity index (χ4v) is 1.39. The number of hydrogen-bond donors (Lipinski definition) is 0. The van der Waals surface area contributed by atoms with E-state index in [4.69, 9.17) is 0 Å². The summed E-state index contributed by atoms with van der Waals surface area (Å²) in [5.41, 5.74) is 0.494. The molecule has 0 fully saturated rings. The molecule has 0 aromatic carbocycles. The minimum atomic E-state index is -0.199. The average molecular weight is 216 g/mol. The highest BCUT2D eigenvalue weighted by molar-refractivity contribution is 4.80. The Hall–Kier alpha value is -0.0700. The van der Waals surface area contributed by atoms with Crippen molar-refractivity contribution < 1.29 is 4.39 Å². The average Bonchev–Trinajstić information content (AvgIpc) is 2.13. The third-order valence-corrected chi connectivity index (χ3v) is 4.54. The number of halogens is 1. The van der Waals surface area contributed by atoms with Crippen molar-refractivity contribution in [2.75, 3.05) is 6.67 Å². The lowest BCUT2D eigenvalue weighted by Crippen LogP contribution is -2.27. The van der Waals surface area contributed by atoms with Crippen molar-refractivity contribution >= 4 is 0 Å². The van der Waals surface area contributed by atoms with Crippen molar-refractivity contribution in [3.8, 4) is 0 Å². The van der Waals surface area contributed by atoms with Crippen molar-refractivity contribution in [2.24, 2.45) is 22.7 Å². The first-order valence-electron chi connectivity index (χ1n) is 6.19. The molecule has 0 heterocycles. The van der Waals surface area contributed by atoms with Gasteiger partial charge in [-0.25, -0.2) is 0 Å². The quantitative estimate of drug-likeness (QED) is 0.581. The maximum atomic E-state index is 12.7. The van der Waals surface area contributed by atoms with Crippen LogP contribution in [0.3, 0.4) is 0 Å². The minimum Gasteiger partial charge on any atom is -0.251 e. The molecule has 0 radical (unpaired) electrons. The molecule has 0 saturated heterocycles. The van der Waals surface area contributed by atoms with Crippen molar-refractivity contribution in [2.45, 2.75) is 61.3 Å². The first-order valence-corrected chi connectivity index (χ1v) is 6.19. The van der Waals surface area contributed by atoms with E-state index in [9.17, 15) is 4.39 Å². The molecule has 0 rings (SSSR count). The van der Waals surface area contributed by atoms with Gasteiger partial charge in [0, 0.05) is 0 Å². The molecule has 0 aliphatic heterocycles. The zero-order valence-corrected chi connectivity index (χ0v) is 11.7. The van der Waals surface area contributed by atoms with Crippen LogP contribution in [0.2, 0.25) is 0 Å². The third kappa shape index (κ3) is 4.53. The topological polar surface area (TPSA) is 0 Å². The molecule has 0 spiro atoms. The third-order valence-electron chi connectivity index (χ3n) is 4.54. The second-order valence-electron chi connectivity index (χ2n) is 6.69. The smallest absolute Gasteiger partial charge is 0.0925 e. The Balaban J connectivity index is 4.26. The second kappa shape index (κ2) is 5.32. The highest BCUT2D eigenvalue weighted by Crippen LogP contribution is 2.39. The number of alkyl halides is 1. The largest absolute Gasteiger partial charge is 0.251 e. The van der Waals surface area contributed by atoms with Crippen LogP contribution in [0, 0.1) is 22.7 Å². The molecule has 0 nitrogen and oxygen atoms in total. The van der Waals surface area contributed by atoms with Gasteiger partial charge in [0.2, 0.25) is 0 Å². The maximum Gasteiger partial charge on any atom is 0.0925 e. The van der Waals surface area contributed by atoms with E-state index in [-0.39, 0.29) is 18.0 Å². The zero-order chi connectivity index (χ0) is 12.3. The van der Waals surface area contributed by atoms with E-state index in [1.54, 1.807) is 0 Å². The van der Waals surface area contributed by atoms with E-state index in [2.05, 4.69) is 41.5 Å². The Morgan fingerprint density at radius 1 is 0.867 bits per heavy atom. The van der Waals surface area contributed by atoms with Crippen LogP contribution >= 0.6 is 0 Å². The predicted octanol–water partition coefficient (Wildman–Crippen LogP) is 5.08.